The van der Waals surface area contributed by atoms with Gasteiger partial charge < -0.3 is 10.1 Å². The molecule has 0 atom stereocenters. The van der Waals surface area contributed by atoms with Crippen LogP contribution in [0, 0.1) is 0 Å². The predicted octanol–water partition coefficient (Wildman–Crippen LogP) is 5.58. The van der Waals surface area contributed by atoms with Crippen molar-refractivity contribution in [3.8, 4) is 5.75 Å². The van der Waals surface area contributed by atoms with Crippen LogP contribution in [0.3, 0.4) is 0 Å². The number of nitrogens with zero attached hydrogens (tertiary/aromatic N) is 1. The lowest BCUT2D eigenvalue weighted by Crippen LogP contribution is -2.03. The van der Waals surface area contributed by atoms with Crippen molar-refractivity contribution >= 4 is 16.8 Å². The molecule has 0 saturated carbocycles. The van der Waals surface area contributed by atoms with Crippen LogP contribution in [0.25, 0.3) is 11.0 Å². The molecule has 3 rings (SSSR count). The van der Waals surface area contributed by atoms with Crippen LogP contribution in [0.2, 0.25) is 0 Å². The molecular formula is C20H28N2O2. The number of phenols is 1. The second kappa shape index (κ2) is 11.9. The van der Waals surface area contributed by atoms with Gasteiger partial charge in [0.1, 0.15) is 5.75 Å². The number of rotatable bonds is 2. The van der Waals surface area contributed by atoms with Crippen LogP contribution < -0.4 is 0 Å². The van der Waals surface area contributed by atoms with Crippen LogP contribution in [-0.2, 0) is 0 Å². The van der Waals surface area contributed by atoms with Gasteiger partial charge in [-0.05, 0) is 36.4 Å². The zero-order valence-corrected chi connectivity index (χ0v) is 15.4. The van der Waals surface area contributed by atoms with Gasteiger partial charge in [0.05, 0.1) is 11.0 Å². The van der Waals surface area contributed by atoms with Crippen molar-refractivity contribution in [1.82, 2.24) is 9.97 Å². The third-order valence-electron chi connectivity index (χ3n) is 2.73. The zero-order chi connectivity index (χ0) is 18.5. The number of aromatic amines is 1. The minimum atomic E-state index is -0.189. The molecule has 24 heavy (non-hydrogen) atoms. The van der Waals surface area contributed by atoms with Gasteiger partial charge in [-0.25, -0.2) is 4.98 Å². The highest BCUT2D eigenvalue weighted by atomic mass is 16.3. The van der Waals surface area contributed by atoms with Gasteiger partial charge in [-0.1, -0.05) is 53.7 Å². The molecule has 2 aromatic carbocycles. The summed E-state index contributed by atoms with van der Waals surface area (Å²) in [7, 11) is 0. The number of hydrogen-bond acceptors (Lipinski definition) is 3. The van der Waals surface area contributed by atoms with E-state index in [9.17, 15) is 9.90 Å². The molecule has 0 aliphatic rings. The van der Waals surface area contributed by atoms with E-state index in [0.717, 1.165) is 11.0 Å². The second-order valence-electron chi connectivity index (χ2n) is 3.98. The molecule has 0 aliphatic heterocycles. The highest BCUT2D eigenvalue weighted by Gasteiger charge is 2.13. The summed E-state index contributed by atoms with van der Waals surface area (Å²) in [5, 5.41) is 9.19. The summed E-state index contributed by atoms with van der Waals surface area (Å²) in [5.41, 5.74) is 2.09. The number of carbonyl (C=O) groups excluding carboxylic acids is 1. The quantitative estimate of drug-likeness (QED) is 0.604. The van der Waals surface area contributed by atoms with Crippen LogP contribution in [0.4, 0.5) is 0 Å². The summed E-state index contributed by atoms with van der Waals surface area (Å²) in [6.45, 7) is 12.0. The minimum absolute atomic E-state index is 0.135. The number of ketones is 1. The molecule has 0 unspecified atom stereocenters. The molecular weight excluding hydrogens is 300 g/mol. The number of aromatic hydroxyl groups is 1. The molecule has 0 saturated heterocycles. The van der Waals surface area contributed by atoms with E-state index in [1.54, 1.807) is 12.1 Å². The lowest BCUT2D eigenvalue weighted by Gasteiger charge is -1.97. The van der Waals surface area contributed by atoms with Gasteiger partial charge in [0.15, 0.2) is 5.82 Å². The van der Waals surface area contributed by atoms with Gasteiger partial charge in [-0.15, -0.1) is 0 Å². The maximum absolute atomic E-state index is 12.2. The summed E-state index contributed by atoms with van der Waals surface area (Å²) in [5.74, 6) is 0.254. The standard InChI is InChI=1S/C14H10N2O2.3C2H6/c17-10-7-5-9(6-8-10)13(18)14-15-11-3-1-2-4-12(11)16-14;3*1-2/h1-8,17H,(H,15,16);3*1-2H3. The Morgan fingerprint density at radius 2 is 1.42 bits per heavy atom. The lowest BCUT2D eigenvalue weighted by molar-refractivity contribution is 0.103. The number of para-hydroxylation sites is 2. The molecule has 4 heteroatoms. The number of carbonyl (C=O) groups is 1. The molecule has 3 aromatic rings. The third kappa shape index (κ3) is 5.54. The summed E-state index contributed by atoms with van der Waals surface area (Å²) in [6.07, 6.45) is 0. The zero-order valence-electron chi connectivity index (χ0n) is 15.4. The minimum Gasteiger partial charge on any atom is -0.508 e. The summed E-state index contributed by atoms with van der Waals surface area (Å²) in [6, 6.07) is 13.6. The number of H-pyrrole nitrogens is 1. The van der Waals surface area contributed by atoms with Gasteiger partial charge in [0, 0.05) is 5.56 Å². The molecule has 2 N–H and O–H groups in total. The molecule has 0 radical (unpaired) electrons. The molecule has 0 spiro atoms. The van der Waals surface area contributed by atoms with Crippen molar-refractivity contribution in [2.75, 3.05) is 0 Å². The fourth-order valence-corrected chi connectivity index (χ4v) is 1.81. The monoisotopic (exact) mass is 328 g/mol. The van der Waals surface area contributed by atoms with E-state index in [1.807, 2.05) is 65.8 Å². The first-order valence-corrected chi connectivity index (χ1v) is 8.52. The summed E-state index contributed by atoms with van der Waals surface area (Å²) in [4.78, 5) is 19.4. The maximum Gasteiger partial charge on any atom is 0.228 e. The van der Waals surface area contributed by atoms with Crippen molar-refractivity contribution in [3.63, 3.8) is 0 Å². The Kier molecular flexibility index (Phi) is 10.6. The van der Waals surface area contributed by atoms with Crippen molar-refractivity contribution in [2.24, 2.45) is 0 Å². The van der Waals surface area contributed by atoms with Crippen LogP contribution in [-0.4, -0.2) is 20.9 Å². The first kappa shape index (κ1) is 21.4. The number of benzene rings is 2. The van der Waals surface area contributed by atoms with Crippen molar-refractivity contribution in [1.29, 1.82) is 0 Å². The topological polar surface area (TPSA) is 66.0 Å². The average molecular weight is 328 g/mol. The maximum atomic E-state index is 12.2. The van der Waals surface area contributed by atoms with Gasteiger partial charge >= 0.3 is 0 Å². The van der Waals surface area contributed by atoms with Crippen molar-refractivity contribution in [3.05, 3.63) is 59.9 Å². The Hall–Kier alpha value is -2.62. The number of hydrogen-bond donors (Lipinski definition) is 2. The third-order valence-corrected chi connectivity index (χ3v) is 2.73. The number of imidazole rings is 1. The fourth-order valence-electron chi connectivity index (χ4n) is 1.81. The molecule has 1 heterocycles. The van der Waals surface area contributed by atoms with Gasteiger partial charge in [0.2, 0.25) is 5.78 Å². The first-order valence-electron chi connectivity index (χ1n) is 8.52. The SMILES string of the molecule is CC.CC.CC.O=C(c1ccc(O)cc1)c1nc2ccccc2[nH]1. The Morgan fingerprint density at radius 3 is 1.96 bits per heavy atom. The van der Waals surface area contributed by atoms with Crippen LogP contribution in [0.15, 0.2) is 48.5 Å². The smallest absolute Gasteiger partial charge is 0.228 e. The summed E-state index contributed by atoms with van der Waals surface area (Å²) < 4.78 is 0. The molecule has 4 nitrogen and oxygen atoms in total. The Balaban J connectivity index is 0.000000798. The Morgan fingerprint density at radius 1 is 0.875 bits per heavy atom. The highest BCUT2D eigenvalue weighted by Crippen LogP contribution is 2.15. The van der Waals surface area contributed by atoms with E-state index in [4.69, 9.17) is 0 Å². The molecule has 0 fully saturated rings. The normalized spacial score (nSPS) is 8.75. The van der Waals surface area contributed by atoms with E-state index in [0.29, 0.717) is 11.4 Å². The number of fused-ring (bicyclic) bond motifs is 1. The van der Waals surface area contributed by atoms with Crippen LogP contribution in [0.5, 0.6) is 5.75 Å². The number of phenolic OH excluding ortho intramolecular Hbond substituents is 1. The van der Waals surface area contributed by atoms with Gasteiger partial charge in [0.25, 0.3) is 0 Å². The molecule has 0 amide bonds. The van der Waals surface area contributed by atoms with E-state index in [2.05, 4.69) is 9.97 Å². The Bertz CT molecular complexity index is 683. The summed E-state index contributed by atoms with van der Waals surface area (Å²) >= 11 is 0. The fraction of sp³-hybridized carbons (Fsp3) is 0.300. The molecule has 0 bridgehead atoms. The number of nitrogens with one attached hydrogen (secondary N) is 1. The molecule has 130 valence electrons. The van der Waals surface area contributed by atoms with Gasteiger partial charge in [-0.3, -0.25) is 4.79 Å². The van der Waals surface area contributed by atoms with E-state index in [-0.39, 0.29) is 11.5 Å². The highest BCUT2D eigenvalue weighted by molar-refractivity contribution is 6.07. The molecule has 1 aromatic heterocycles. The van der Waals surface area contributed by atoms with E-state index in [1.165, 1.54) is 12.1 Å². The van der Waals surface area contributed by atoms with Crippen LogP contribution >= 0.6 is 0 Å². The predicted molar refractivity (Wildman–Crippen MR) is 102 cm³/mol. The van der Waals surface area contributed by atoms with E-state index < -0.39 is 0 Å². The first-order chi connectivity index (χ1) is 11.7. The lowest BCUT2D eigenvalue weighted by atomic mass is 10.1. The van der Waals surface area contributed by atoms with Gasteiger partial charge in [-0.2, -0.15) is 0 Å². The second-order valence-corrected chi connectivity index (χ2v) is 3.98. The van der Waals surface area contributed by atoms with Crippen molar-refractivity contribution < 1.29 is 9.90 Å². The Labute approximate surface area is 144 Å². The van der Waals surface area contributed by atoms with Crippen LogP contribution in [0.1, 0.15) is 57.7 Å². The average Bonchev–Trinajstić information content (AvgIpc) is 3.11. The van der Waals surface area contributed by atoms with E-state index >= 15 is 0 Å². The number of aromatic nitrogens is 2. The molecule has 0 aliphatic carbocycles. The largest absolute Gasteiger partial charge is 0.508 e. The van der Waals surface area contributed by atoms with Crippen molar-refractivity contribution in [2.45, 2.75) is 41.5 Å².